The maximum Gasteiger partial charge on any atom is 0.294 e. The lowest BCUT2D eigenvalue weighted by atomic mass is 9.80. The van der Waals surface area contributed by atoms with Gasteiger partial charge in [0.25, 0.3) is 5.91 Å². The number of Topliss-reactive ketones (excluding diaryl/α,β-unsaturated/α-hetero) is 1. The van der Waals surface area contributed by atoms with Gasteiger partial charge in [-0.05, 0) is 49.9 Å². The summed E-state index contributed by atoms with van der Waals surface area (Å²) in [6, 6.07) is 7.07. The molecule has 0 radical (unpaired) electrons. The van der Waals surface area contributed by atoms with Crippen LogP contribution in [0.3, 0.4) is 0 Å². The van der Waals surface area contributed by atoms with Crippen LogP contribution in [-0.2, 0) is 9.59 Å². The molecular weight excluding hydrogens is 358 g/mol. The molecule has 1 fully saturated rings. The number of aliphatic hydroxyl groups excluding tert-OH is 1. The fraction of sp³-hybridized carbons (Fsp3) is 0.444. The minimum absolute atomic E-state index is 0.217. The zero-order chi connectivity index (χ0) is 16.6. The largest absolute Gasteiger partial charge is 0.503 e. The predicted octanol–water partition coefficient (Wildman–Crippen LogP) is 4.15. The second-order valence-corrected chi connectivity index (χ2v) is 7.23. The van der Waals surface area contributed by atoms with E-state index in [-0.39, 0.29) is 29.1 Å². The number of anilines is 1. The lowest BCUT2D eigenvalue weighted by Crippen LogP contribution is -2.42. The fourth-order valence-corrected chi connectivity index (χ4v) is 4.04. The molecule has 1 saturated carbocycles. The molecule has 1 atom stereocenters. The molecule has 3 rings (SSSR count). The molecule has 1 heterocycles. The summed E-state index contributed by atoms with van der Waals surface area (Å²) in [6.07, 6.45) is 5.37. The van der Waals surface area contributed by atoms with Gasteiger partial charge in [0.05, 0.1) is 11.6 Å². The molecule has 0 aromatic heterocycles. The quantitative estimate of drug-likeness (QED) is 0.860. The molecule has 1 N–H and O–H groups in total. The van der Waals surface area contributed by atoms with Gasteiger partial charge in [-0.3, -0.25) is 14.5 Å². The summed E-state index contributed by atoms with van der Waals surface area (Å²) in [7, 11) is 0. The van der Waals surface area contributed by atoms with Gasteiger partial charge < -0.3 is 5.11 Å². The van der Waals surface area contributed by atoms with Crippen LogP contribution in [0, 0.1) is 5.92 Å². The van der Waals surface area contributed by atoms with Crippen molar-refractivity contribution >= 4 is 33.3 Å². The number of halogens is 1. The van der Waals surface area contributed by atoms with Crippen molar-refractivity contribution in [2.24, 2.45) is 5.92 Å². The number of nitrogens with zero attached hydrogens (tertiary/aromatic N) is 1. The summed E-state index contributed by atoms with van der Waals surface area (Å²) >= 11 is 3.39. The van der Waals surface area contributed by atoms with Gasteiger partial charge in [-0.1, -0.05) is 35.2 Å². The molecule has 0 unspecified atom stereocenters. The highest BCUT2D eigenvalue weighted by atomic mass is 79.9. The molecule has 1 aliphatic carbocycles. The molecule has 0 bridgehead atoms. The van der Waals surface area contributed by atoms with Gasteiger partial charge >= 0.3 is 0 Å². The van der Waals surface area contributed by atoms with Gasteiger partial charge in [-0.15, -0.1) is 0 Å². The Labute approximate surface area is 144 Å². The summed E-state index contributed by atoms with van der Waals surface area (Å²) in [5.41, 5.74) is 1.00. The number of hydrogen-bond acceptors (Lipinski definition) is 3. The second kappa shape index (κ2) is 6.48. The molecule has 1 aliphatic heterocycles. The third-order valence-electron chi connectivity index (χ3n) is 4.83. The van der Waals surface area contributed by atoms with Gasteiger partial charge in [0.15, 0.2) is 11.5 Å². The Kier molecular flexibility index (Phi) is 4.57. The van der Waals surface area contributed by atoms with Crippen LogP contribution in [-0.4, -0.2) is 22.8 Å². The first-order chi connectivity index (χ1) is 11.0. The lowest BCUT2D eigenvalue weighted by Gasteiger charge is -2.35. The monoisotopic (exact) mass is 377 g/mol. The van der Waals surface area contributed by atoms with Crippen molar-refractivity contribution < 1.29 is 14.7 Å². The standard InChI is InChI=1S/C18H20BrNO3/c1-11(21)15-16(12-5-3-2-4-6-12)20(18(23)17(15)22)14-9-7-13(19)8-10-14/h7-10,12,16,22H,2-6H2,1H3/t16-/m1/s1. The van der Waals surface area contributed by atoms with E-state index in [2.05, 4.69) is 15.9 Å². The third kappa shape index (κ3) is 2.94. The van der Waals surface area contributed by atoms with Crippen molar-refractivity contribution in [3.8, 4) is 0 Å². The van der Waals surface area contributed by atoms with Crippen LogP contribution >= 0.6 is 15.9 Å². The van der Waals surface area contributed by atoms with Crippen LogP contribution in [0.4, 0.5) is 5.69 Å². The van der Waals surface area contributed by atoms with E-state index in [1.165, 1.54) is 13.3 Å². The molecule has 1 amide bonds. The van der Waals surface area contributed by atoms with Crippen LogP contribution in [0.15, 0.2) is 40.1 Å². The molecule has 23 heavy (non-hydrogen) atoms. The number of carbonyl (C=O) groups is 2. The first-order valence-electron chi connectivity index (χ1n) is 8.04. The topological polar surface area (TPSA) is 57.6 Å². The molecule has 1 aromatic carbocycles. The molecule has 0 saturated heterocycles. The Bertz CT molecular complexity index is 659. The average molecular weight is 378 g/mol. The SMILES string of the molecule is CC(=O)C1=C(O)C(=O)N(c2ccc(Br)cc2)[C@@H]1C1CCCCC1. The Morgan fingerprint density at radius 2 is 1.78 bits per heavy atom. The van der Waals surface area contributed by atoms with Gasteiger partial charge in [-0.25, -0.2) is 0 Å². The van der Waals surface area contributed by atoms with Crippen LogP contribution in [0.2, 0.25) is 0 Å². The predicted molar refractivity (Wildman–Crippen MR) is 92.3 cm³/mol. The van der Waals surface area contributed by atoms with Crippen molar-refractivity contribution in [3.63, 3.8) is 0 Å². The molecule has 2 aliphatic rings. The van der Waals surface area contributed by atoms with Crippen LogP contribution in [0.5, 0.6) is 0 Å². The smallest absolute Gasteiger partial charge is 0.294 e. The molecule has 5 heteroatoms. The van der Waals surface area contributed by atoms with E-state index in [1.54, 1.807) is 4.90 Å². The highest BCUT2D eigenvalue weighted by Gasteiger charge is 2.46. The normalized spacial score (nSPS) is 22.8. The Balaban J connectivity index is 2.04. The summed E-state index contributed by atoms with van der Waals surface area (Å²) in [5.74, 6) is -0.838. The Morgan fingerprint density at radius 3 is 2.35 bits per heavy atom. The van der Waals surface area contributed by atoms with E-state index in [0.717, 1.165) is 35.8 Å². The van der Waals surface area contributed by atoms with E-state index in [4.69, 9.17) is 0 Å². The Morgan fingerprint density at radius 1 is 1.17 bits per heavy atom. The van der Waals surface area contributed by atoms with Crippen molar-refractivity contribution in [1.29, 1.82) is 0 Å². The van der Waals surface area contributed by atoms with Crippen LogP contribution < -0.4 is 4.90 Å². The minimum atomic E-state index is -0.465. The van der Waals surface area contributed by atoms with E-state index in [1.807, 2.05) is 24.3 Å². The molecule has 122 valence electrons. The molecule has 4 nitrogen and oxygen atoms in total. The summed E-state index contributed by atoms with van der Waals surface area (Å²) in [4.78, 5) is 26.3. The van der Waals surface area contributed by atoms with Crippen LogP contribution in [0.25, 0.3) is 0 Å². The van der Waals surface area contributed by atoms with Gasteiger partial charge in [0.2, 0.25) is 0 Å². The van der Waals surface area contributed by atoms with Gasteiger partial charge in [0, 0.05) is 10.2 Å². The third-order valence-corrected chi connectivity index (χ3v) is 5.36. The summed E-state index contributed by atoms with van der Waals surface area (Å²) in [5, 5.41) is 10.3. The van der Waals surface area contributed by atoms with Crippen LogP contribution in [0.1, 0.15) is 39.0 Å². The van der Waals surface area contributed by atoms with Crippen molar-refractivity contribution in [2.45, 2.75) is 45.1 Å². The van der Waals surface area contributed by atoms with Gasteiger partial charge in [-0.2, -0.15) is 0 Å². The number of aliphatic hydroxyl groups is 1. The highest BCUT2D eigenvalue weighted by Crippen LogP contribution is 2.40. The van der Waals surface area contributed by atoms with Gasteiger partial charge in [0.1, 0.15) is 0 Å². The number of benzene rings is 1. The number of carbonyl (C=O) groups excluding carboxylic acids is 2. The minimum Gasteiger partial charge on any atom is -0.503 e. The van der Waals surface area contributed by atoms with E-state index >= 15 is 0 Å². The van der Waals surface area contributed by atoms with E-state index in [0.29, 0.717) is 0 Å². The van der Waals surface area contributed by atoms with E-state index in [9.17, 15) is 14.7 Å². The van der Waals surface area contributed by atoms with Crippen molar-refractivity contribution in [3.05, 3.63) is 40.1 Å². The second-order valence-electron chi connectivity index (χ2n) is 6.31. The first kappa shape index (κ1) is 16.2. The fourth-order valence-electron chi connectivity index (χ4n) is 3.78. The average Bonchev–Trinajstić information content (AvgIpc) is 2.81. The summed E-state index contributed by atoms with van der Waals surface area (Å²) < 4.78 is 0.922. The van der Waals surface area contributed by atoms with Crippen molar-refractivity contribution in [2.75, 3.05) is 4.90 Å². The maximum absolute atomic E-state index is 12.6. The zero-order valence-electron chi connectivity index (χ0n) is 13.1. The highest BCUT2D eigenvalue weighted by molar-refractivity contribution is 9.10. The number of rotatable bonds is 3. The van der Waals surface area contributed by atoms with E-state index < -0.39 is 5.91 Å². The maximum atomic E-state index is 12.6. The first-order valence-corrected chi connectivity index (χ1v) is 8.83. The Hall–Kier alpha value is -1.62. The summed E-state index contributed by atoms with van der Waals surface area (Å²) in [6.45, 7) is 1.43. The number of hydrogen-bond donors (Lipinski definition) is 1. The molecule has 1 aromatic rings. The molecular formula is C18H20BrNO3. The number of ketones is 1. The molecule has 0 spiro atoms. The number of amides is 1. The zero-order valence-corrected chi connectivity index (χ0v) is 14.7. The lowest BCUT2D eigenvalue weighted by molar-refractivity contribution is -0.117. The van der Waals surface area contributed by atoms with Crippen molar-refractivity contribution in [1.82, 2.24) is 0 Å².